The van der Waals surface area contributed by atoms with Crippen LogP contribution in [0.25, 0.3) is 0 Å². The van der Waals surface area contributed by atoms with E-state index in [1.165, 1.54) is 0 Å². The zero-order valence-electron chi connectivity index (χ0n) is 14.2. The Balaban J connectivity index is 1.71. The molecule has 2 aliphatic rings. The van der Waals surface area contributed by atoms with Gasteiger partial charge in [0.15, 0.2) is 0 Å². The Bertz CT molecular complexity index is 878. The van der Waals surface area contributed by atoms with Gasteiger partial charge in [0, 0.05) is 17.6 Å². The Kier molecular flexibility index (Phi) is 4.17. The average molecular weight is 358 g/mol. The summed E-state index contributed by atoms with van der Waals surface area (Å²) in [6.07, 6.45) is 2.08. The summed E-state index contributed by atoms with van der Waals surface area (Å²) in [7, 11) is -1.97. The molecule has 0 aliphatic carbocycles. The van der Waals surface area contributed by atoms with Gasteiger partial charge in [-0.2, -0.15) is 0 Å². The van der Waals surface area contributed by atoms with Crippen LogP contribution in [0.3, 0.4) is 0 Å². The first-order chi connectivity index (χ1) is 12.1. The number of fused-ring (bicyclic) bond motifs is 3. The molecule has 2 aromatic carbocycles. The van der Waals surface area contributed by atoms with E-state index in [-0.39, 0.29) is 0 Å². The van der Waals surface area contributed by atoms with Gasteiger partial charge in [-0.05, 0) is 74.0 Å². The van der Waals surface area contributed by atoms with E-state index < -0.39 is 9.84 Å². The van der Waals surface area contributed by atoms with Gasteiger partial charge in [0.05, 0.1) is 16.9 Å². The van der Waals surface area contributed by atoms with Crippen LogP contribution in [0.15, 0.2) is 52.3 Å². The molecule has 2 heterocycles. The maximum Gasteiger partial charge on any atom is 0.206 e. The van der Waals surface area contributed by atoms with Crippen molar-refractivity contribution in [3.63, 3.8) is 0 Å². The highest BCUT2D eigenvalue weighted by Crippen LogP contribution is 2.41. The number of sulfone groups is 1. The van der Waals surface area contributed by atoms with Crippen LogP contribution in [-0.4, -0.2) is 34.7 Å². The summed E-state index contributed by atoms with van der Waals surface area (Å²) in [5.74, 6) is 1.02. The molecule has 132 valence electrons. The molecule has 0 aromatic heterocycles. The first-order valence-electron chi connectivity index (χ1n) is 8.60. The molecule has 0 bridgehead atoms. The average Bonchev–Trinajstić information content (AvgIpc) is 2.82. The Morgan fingerprint density at radius 3 is 2.48 bits per heavy atom. The number of rotatable bonds is 3. The third kappa shape index (κ3) is 2.89. The highest BCUT2D eigenvalue weighted by atomic mass is 32.2. The highest BCUT2D eigenvalue weighted by molar-refractivity contribution is 7.91. The fraction of sp³-hybridized carbons (Fsp3) is 0.368. The second kappa shape index (κ2) is 6.35. The minimum absolute atomic E-state index is 0.290. The van der Waals surface area contributed by atoms with Crippen LogP contribution < -0.4 is 15.4 Å². The second-order valence-corrected chi connectivity index (χ2v) is 8.56. The Morgan fingerprint density at radius 2 is 1.72 bits per heavy atom. The van der Waals surface area contributed by atoms with Crippen molar-refractivity contribution in [3.8, 4) is 5.75 Å². The summed E-state index contributed by atoms with van der Waals surface area (Å²) in [6, 6.07) is 12.4. The van der Waals surface area contributed by atoms with Gasteiger partial charge in [-0.15, -0.1) is 0 Å². The number of hydrogen-bond acceptors (Lipinski definition) is 5. The van der Waals surface area contributed by atoms with Crippen molar-refractivity contribution in [3.05, 3.63) is 48.0 Å². The first kappa shape index (κ1) is 16.4. The quantitative estimate of drug-likeness (QED) is 0.883. The number of anilines is 1. The van der Waals surface area contributed by atoms with Gasteiger partial charge in [-0.25, -0.2) is 8.42 Å². The molecule has 0 saturated carbocycles. The standard InChI is InChI=1S/C19H22N2O3S/c1-24-13-2-4-14(5-3-13)25(22,23)15-6-7-18-17(12-15)16-8-10-20-11-9-19(16)21-18/h2-7,12,16,19-21H,8-11H2,1H3/t16-,19-/m0/s1. The fourth-order valence-corrected chi connectivity index (χ4v) is 5.12. The summed E-state index contributed by atoms with van der Waals surface area (Å²) < 4.78 is 31.1. The number of benzene rings is 2. The zero-order chi connectivity index (χ0) is 17.4. The van der Waals surface area contributed by atoms with E-state index >= 15 is 0 Å². The molecule has 2 atom stereocenters. The molecule has 0 unspecified atom stereocenters. The van der Waals surface area contributed by atoms with Crippen LogP contribution in [0.2, 0.25) is 0 Å². The van der Waals surface area contributed by atoms with E-state index in [0.29, 0.717) is 27.5 Å². The van der Waals surface area contributed by atoms with Crippen LogP contribution >= 0.6 is 0 Å². The van der Waals surface area contributed by atoms with E-state index in [4.69, 9.17) is 4.74 Å². The van der Waals surface area contributed by atoms with Crippen LogP contribution in [-0.2, 0) is 9.84 Å². The molecule has 5 nitrogen and oxygen atoms in total. The lowest BCUT2D eigenvalue weighted by atomic mass is 9.91. The first-order valence-corrected chi connectivity index (χ1v) is 10.1. The number of ether oxygens (including phenoxy) is 1. The van der Waals surface area contributed by atoms with Gasteiger partial charge in [-0.1, -0.05) is 0 Å². The molecule has 25 heavy (non-hydrogen) atoms. The summed E-state index contributed by atoms with van der Waals surface area (Å²) in [5, 5.41) is 6.98. The van der Waals surface area contributed by atoms with Crippen LogP contribution in [0.4, 0.5) is 5.69 Å². The van der Waals surface area contributed by atoms with Crippen molar-refractivity contribution in [2.24, 2.45) is 0 Å². The van der Waals surface area contributed by atoms with Gasteiger partial charge in [-0.3, -0.25) is 0 Å². The van der Waals surface area contributed by atoms with Crippen molar-refractivity contribution in [2.45, 2.75) is 34.6 Å². The molecule has 0 amide bonds. The second-order valence-electron chi connectivity index (χ2n) is 6.61. The van der Waals surface area contributed by atoms with Gasteiger partial charge >= 0.3 is 0 Å². The van der Waals surface area contributed by atoms with Gasteiger partial charge in [0.1, 0.15) is 5.75 Å². The number of hydrogen-bond donors (Lipinski definition) is 2. The van der Waals surface area contributed by atoms with E-state index in [1.54, 1.807) is 37.4 Å². The monoisotopic (exact) mass is 358 g/mol. The zero-order valence-corrected chi connectivity index (χ0v) is 15.0. The third-order valence-corrected chi connectivity index (χ3v) is 6.96. The minimum Gasteiger partial charge on any atom is -0.497 e. The molecular weight excluding hydrogens is 336 g/mol. The molecule has 2 N–H and O–H groups in total. The van der Waals surface area contributed by atoms with E-state index in [9.17, 15) is 8.42 Å². The van der Waals surface area contributed by atoms with Crippen molar-refractivity contribution >= 4 is 15.5 Å². The topological polar surface area (TPSA) is 67.4 Å². The van der Waals surface area contributed by atoms with E-state index in [0.717, 1.165) is 37.2 Å². The largest absolute Gasteiger partial charge is 0.497 e. The number of methoxy groups -OCH3 is 1. The van der Waals surface area contributed by atoms with Crippen molar-refractivity contribution in [1.29, 1.82) is 0 Å². The maximum atomic E-state index is 13.0. The lowest BCUT2D eigenvalue weighted by molar-refractivity contribution is 0.414. The third-order valence-electron chi connectivity index (χ3n) is 5.19. The molecule has 4 rings (SSSR count). The van der Waals surface area contributed by atoms with Gasteiger partial charge < -0.3 is 15.4 Å². The van der Waals surface area contributed by atoms with Crippen molar-refractivity contribution in [1.82, 2.24) is 5.32 Å². The molecule has 0 radical (unpaired) electrons. The molecule has 6 heteroatoms. The Labute approximate surface area is 148 Å². The Morgan fingerprint density at radius 1 is 1.00 bits per heavy atom. The highest BCUT2D eigenvalue weighted by Gasteiger charge is 2.34. The summed E-state index contributed by atoms with van der Waals surface area (Å²) >= 11 is 0. The molecule has 2 aromatic rings. The number of nitrogens with one attached hydrogen (secondary N) is 2. The molecule has 1 saturated heterocycles. The molecule has 0 spiro atoms. The normalized spacial score (nSPS) is 22.4. The molecule has 1 fully saturated rings. The molecule has 2 aliphatic heterocycles. The van der Waals surface area contributed by atoms with Crippen LogP contribution in [0.5, 0.6) is 5.75 Å². The van der Waals surface area contributed by atoms with Crippen molar-refractivity contribution < 1.29 is 13.2 Å². The van der Waals surface area contributed by atoms with Crippen molar-refractivity contribution in [2.75, 3.05) is 25.5 Å². The fourth-order valence-electron chi connectivity index (χ4n) is 3.82. The maximum absolute atomic E-state index is 13.0. The van der Waals surface area contributed by atoms with E-state index in [2.05, 4.69) is 10.6 Å². The molecular formula is C19H22N2O3S. The Hall–Kier alpha value is -2.05. The smallest absolute Gasteiger partial charge is 0.206 e. The SMILES string of the molecule is COc1ccc(S(=O)(=O)c2ccc3c(c2)[C@@H]2CCNCC[C@@H]2N3)cc1. The summed E-state index contributed by atoms with van der Waals surface area (Å²) in [4.78, 5) is 0.648. The predicted molar refractivity (Wildman–Crippen MR) is 97.1 cm³/mol. The predicted octanol–water partition coefficient (Wildman–Crippen LogP) is 2.79. The van der Waals surface area contributed by atoms with E-state index in [1.807, 2.05) is 12.1 Å². The van der Waals surface area contributed by atoms with Gasteiger partial charge in [0.25, 0.3) is 0 Å². The summed E-state index contributed by atoms with van der Waals surface area (Å²) in [5.41, 5.74) is 2.20. The van der Waals surface area contributed by atoms with Crippen LogP contribution in [0.1, 0.15) is 24.3 Å². The van der Waals surface area contributed by atoms with Crippen LogP contribution in [0, 0.1) is 0 Å². The summed E-state index contributed by atoms with van der Waals surface area (Å²) in [6.45, 7) is 1.97. The minimum atomic E-state index is -3.53. The van der Waals surface area contributed by atoms with Gasteiger partial charge in [0.2, 0.25) is 9.84 Å². The lowest BCUT2D eigenvalue weighted by Crippen LogP contribution is -2.21. The lowest BCUT2D eigenvalue weighted by Gasteiger charge is -2.16.